The number of halogens is 2. The summed E-state index contributed by atoms with van der Waals surface area (Å²) in [5.41, 5.74) is 6.71. The average Bonchev–Trinajstić information content (AvgIpc) is 3.21. The van der Waals surface area contributed by atoms with Crippen LogP contribution < -0.4 is 11.1 Å². The van der Waals surface area contributed by atoms with Crippen molar-refractivity contribution < 1.29 is 9.18 Å². The highest BCUT2D eigenvalue weighted by atomic mass is 35.5. The number of carbonyl (C=O) groups excluding carboxylic acids is 1. The fourth-order valence-corrected chi connectivity index (χ4v) is 2.29. The minimum Gasteiger partial charge on any atom is -0.346 e. The molecule has 0 aliphatic heterocycles. The Morgan fingerprint density at radius 2 is 2.05 bits per heavy atom. The number of hydrogen-bond donors (Lipinski definition) is 2. The van der Waals surface area contributed by atoms with Crippen LogP contribution in [-0.4, -0.2) is 28.3 Å². The first kappa shape index (κ1) is 16.5. The van der Waals surface area contributed by atoms with E-state index >= 15 is 0 Å². The van der Waals surface area contributed by atoms with Gasteiger partial charge in [-0.3, -0.25) is 4.79 Å². The number of nitrogens with one attached hydrogen (secondary N) is 1. The van der Waals surface area contributed by atoms with Gasteiger partial charge in [0.05, 0.1) is 5.69 Å². The molecule has 2 aromatic rings. The monoisotopic (exact) mass is 324 g/mol. The molecule has 1 aromatic heterocycles. The molecule has 1 fully saturated rings. The first-order chi connectivity index (χ1) is 10.2. The molecule has 1 saturated carbocycles. The molecule has 5 nitrogen and oxygen atoms in total. The number of hydrogen-bond acceptors (Lipinski definition) is 3. The molecular formula is C15H18ClFN4O. The van der Waals surface area contributed by atoms with Gasteiger partial charge in [0.25, 0.3) is 5.91 Å². The third kappa shape index (κ3) is 3.64. The van der Waals surface area contributed by atoms with E-state index < -0.39 is 0 Å². The van der Waals surface area contributed by atoms with Gasteiger partial charge < -0.3 is 11.1 Å². The van der Waals surface area contributed by atoms with Gasteiger partial charge in [-0.15, -0.1) is 12.4 Å². The Labute approximate surface area is 134 Å². The second-order valence-electron chi connectivity index (χ2n) is 5.28. The van der Waals surface area contributed by atoms with Gasteiger partial charge in [-0.1, -0.05) is 0 Å². The van der Waals surface area contributed by atoms with Crippen LogP contribution in [0, 0.1) is 11.7 Å². The molecule has 22 heavy (non-hydrogen) atoms. The number of nitrogens with zero attached hydrogens (tertiary/aromatic N) is 2. The molecule has 1 aromatic carbocycles. The van der Waals surface area contributed by atoms with Gasteiger partial charge >= 0.3 is 0 Å². The summed E-state index contributed by atoms with van der Waals surface area (Å²) in [4.78, 5) is 12.1. The first-order valence-electron chi connectivity index (χ1n) is 7.00. The minimum absolute atomic E-state index is 0. The van der Waals surface area contributed by atoms with Gasteiger partial charge in [-0.2, -0.15) is 5.10 Å². The van der Waals surface area contributed by atoms with Crippen molar-refractivity contribution >= 4 is 18.3 Å². The minimum atomic E-state index is -0.306. The molecule has 0 saturated heterocycles. The predicted molar refractivity (Wildman–Crippen MR) is 83.8 cm³/mol. The number of rotatable bonds is 5. The highest BCUT2D eigenvalue weighted by Gasteiger charge is 2.31. The summed E-state index contributed by atoms with van der Waals surface area (Å²) in [5.74, 6) is -0.0320. The van der Waals surface area contributed by atoms with Crippen LogP contribution in [0.3, 0.4) is 0 Å². The smallest absolute Gasteiger partial charge is 0.272 e. The molecule has 1 aliphatic carbocycles. The third-order valence-electron chi connectivity index (χ3n) is 3.67. The highest BCUT2D eigenvalue weighted by molar-refractivity contribution is 5.92. The topological polar surface area (TPSA) is 72.9 Å². The third-order valence-corrected chi connectivity index (χ3v) is 3.67. The van der Waals surface area contributed by atoms with Crippen LogP contribution in [0.4, 0.5) is 4.39 Å². The zero-order valence-corrected chi connectivity index (χ0v) is 12.7. The largest absolute Gasteiger partial charge is 0.346 e. The summed E-state index contributed by atoms with van der Waals surface area (Å²) in [6, 6.07) is 7.59. The fraction of sp³-hybridized carbons (Fsp3) is 0.333. The summed E-state index contributed by atoms with van der Waals surface area (Å²) < 4.78 is 14.4. The van der Waals surface area contributed by atoms with Crippen LogP contribution in [0.15, 0.2) is 36.5 Å². The van der Waals surface area contributed by atoms with Crippen molar-refractivity contribution in [1.82, 2.24) is 15.1 Å². The Kier molecular flexibility index (Phi) is 5.15. The molecule has 0 radical (unpaired) electrons. The first-order valence-corrected chi connectivity index (χ1v) is 7.00. The molecule has 3 rings (SSSR count). The van der Waals surface area contributed by atoms with E-state index in [0.29, 0.717) is 23.8 Å². The molecule has 1 heterocycles. The lowest BCUT2D eigenvalue weighted by molar-refractivity contribution is 0.0928. The lowest BCUT2D eigenvalue weighted by atomic mass is 10.2. The second-order valence-corrected chi connectivity index (χ2v) is 5.28. The molecule has 118 valence electrons. The molecule has 1 atom stereocenters. The van der Waals surface area contributed by atoms with Crippen LogP contribution in [-0.2, 0) is 0 Å². The van der Waals surface area contributed by atoms with E-state index in [1.54, 1.807) is 29.1 Å². The van der Waals surface area contributed by atoms with Crippen molar-refractivity contribution in [3.8, 4) is 5.69 Å². The van der Waals surface area contributed by atoms with Crippen molar-refractivity contribution in [2.24, 2.45) is 11.7 Å². The van der Waals surface area contributed by atoms with Gasteiger partial charge in [0.1, 0.15) is 5.82 Å². The molecule has 1 aliphatic rings. The van der Waals surface area contributed by atoms with E-state index in [9.17, 15) is 9.18 Å². The molecule has 3 N–H and O–H groups in total. The van der Waals surface area contributed by atoms with Crippen LogP contribution >= 0.6 is 12.4 Å². The maximum Gasteiger partial charge on any atom is 0.272 e. The van der Waals surface area contributed by atoms with E-state index in [0.717, 1.165) is 12.8 Å². The van der Waals surface area contributed by atoms with Crippen LogP contribution in [0.25, 0.3) is 5.69 Å². The Morgan fingerprint density at radius 1 is 1.36 bits per heavy atom. The lowest BCUT2D eigenvalue weighted by Gasteiger charge is -2.14. The average molecular weight is 325 g/mol. The van der Waals surface area contributed by atoms with E-state index in [1.807, 2.05) is 0 Å². The fourth-order valence-electron chi connectivity index (χ4n) is 2.29. The Hall–Kier alpha value is -1.92. The maximum absolute atomic E-state index is 12.9. The Morgan fingerprint density at radius 3 is 2.64 bits per heavy atom. The van der Waals surface area contributed by atoms with Crippen LogP contribution in [0.2, 0.25) is 0 Å². The van der Waals surface area contributed by atoms with Gasteiger partial charge in [0.2, 0.25) is 0 Å². The van der Waals surface area contributed by atoms with E-state index in [4.69, 9.17) is 5.73 Å². The quantitative estimate of drug-likeness (QED) is 0.882. The summed E-state index contributed by atoms with van der Waals surface area (Å²) in [6.07, 6.45) is 3.91. The molecule has 7 heteroatoms. The van der Waals surface area contributed by atoms with Gasteiger partial charge in [-0.25, -0.2) is 9.07 Å². The van der Waals surface area contributed by atoms with Gasteiger partial charge in [0, 0.05) is 18.8 Å². The summed E-state index contributed by atoms with van der Waals surface area (Å²) in [5, 5.41) is 7.14. The SMILES string of the molecule is Cl.NCC(NC(=O)c1ccn(-c2ccc(F)cc2)n1)C1CC1. The van der Waals surface area contributed by atoms with Crippen molar-refractivity contribution in [1.29, 1.82) is 0 Å². The van der Waals surface area contributed by atoms with E-state index in [2.05, 4.69) is 10.4 Å². The standard InChI is InChI=1S/C15H17FN4O.ClH/c16-11-3-5-12(6-4-11)20-8-7-13(19-20)15(21)18-14(9-17)10-1-2-10;/h3-8,10,14H,1-2,9,17H2,(H,18,21);1H. The molecule has 0 bridgehead atoms. The zero-order valence-electron chi connectivity index (χ0n) is 11.9. The number of aromatic nitrogens is 2. The number of carbonyl (C=O) groups is 1. The number of benzene rings is 1. The zero-order chi connectivity index (χ0) is 14.8. The highest BCUT2D eigenvalue weighted by Crippen LogP contribution is 2.32. The molecular weight excluding hydrogens is 307 g/mol. The van der Waals surface area contributed by atoms with Gasteiger partial charge in [-0.05, 0) is 49.1 Å². The van der Waals surface area contributed by atoms with Crippen LogP contribution in [0.1, 0.15) is 23.3 Å². The summed E-state index contributed by atoms with van der Waals surface area (Å²) in [7, 11) is 0. The van der Waals surface area contributed by atoms with Crippen molar-refractivity contribution in [3.05, 3.63) is 48.0 Å². The maximum atomic E-state index is 12.9. The molecule has 1 unspecified atom stereocenters. The predicted octanol–water partition coefficient (Wildman–Crippen LogP) is 1.90. The summed E-state index contributed by atoms with van der Waals surface area (Å²) in [6.45, 7) is 0.440. The molecule has 0 spiro atoms. The van der Waals surface area contributed by atoms with E-state index in [1.165, 1.54) is 12.1 Å². The normalized spacial score (nSPS) is 15.0. The lowest BCUT2D eigenvalue weighted by Crippen LogP contribution is -2.41. The van der Waals surface area contributed by atoms with Crippen molar-refractivity contribution in [3.63, 3.8) is 0 Å². The number of amides is 1. The van der Waals surface area contributed by atoms with Crippen molar-refractivity contribution in [2.45, 2.75) is 18.9 Å². The number of nitrogens with two attached hydrogens (primary N) is 1. The molecule has 1 amide bonds. The van der Waals surface area contributed by atoms with Crippen molar-refractivity contribution in [2.75, 3.05) is 6.54 Å². The summed E-state index contributed by atoms with van der Waals surface area (Å²) >= 11 is 0. The van der Waals surface area contributed by atoms with E-state index in [-0.39, 0.29) is 30.2 Å². The van der Waals surface area contributed by atoms with Gasteiger partial charge in [0.15, 0.2) is 5.69 Å². The second kappa shape index (κ2) is 6.89. The Balaban J connectivity index is 0.00000176. The Bertz CT molecular complexity index is 639. The van der Waals surface area contributed by atoms with Crippen LogP contribution in [0.5, 0.6) is 0 Å².